The molecule has 1 saturated heterocycles. The minimum absolute atomic E-state index is 0.111. The van der Waals surface area contributed by atoms with E-state index in [1.165, 1.54) is 0 Å². The molecule has 7 heteroatoms. The molecule has 126 valence electrons. The number of carbonyl (C=O) groups is 2. The fourth-order valence-corrected chi connectivity index (χ4v) is 2.33. The zero-order valence-corrected chi connectivity index (χ0v) is 14.1. The molecule has 2 amide bonds. The first-order valence-electron chi connectivity index (χ1n) is 7.71. The third-order valence-electron chi connectivity index (χ3n) is 3.47. The summed E-state index contributed by atoms with van der Waals surface area (Å²) in [5.74, 6) is 0.560. The fraction of sp³-hybridized carbons (Fsp3) is 0.562. The number of hydrogen-bond acceptors (Lipinski definition) is 5. The van der Waals surface area contributed by atoms with Crippen molar-refractivity contribution in [1.82, 2.24) is 9.88 Å². The first kappa shape index (κ1) is 17.1. The van der Waals surface area contributed by atoms with E-state index in [2.05, 4.69) is 15.2 Å². The third kappa shape index (κ3) is 5.12. The average Bonchev–Trinajstić information content (AvgIpc) is 2.46. The number of ether oxygens (including phenoxy) is 1. The van der Waals surface area contributed by atoms with E-state index in [1.807, 2.05) is 31.7 Å². The summed E-state index contributed by atoms with van der Waals surface area (Å²) in [5.41, 5.74) is 0.434. The summed E-state index contributed by atoms with van der Waals surface area (Å²) in [5, 5.41) is 2.61. The minimum atomic E-state index is -0.541. The topological polar surface area (TPSA) is 74.8 Å². The van der Waals surface area contributed by atoms with Crippen molar-refractivity contribution in [3.63, 3.8) is 0 Å². The van der Waals surface area contributed by atoms with Crippen LogP contribution in [0.15, 0.2) is 18.3 Å². The molecule has 23 heavy (non-hydrogen) atoms. The van der Waals surface area contributed by atoms with Crippen LogP contribution in [-0.4, -0.2) is 53.7 Å². The van der Waals surface area contributed by atoms with Gasteiger partial charge < -0.3 is 14.5 Å². The van der Waals surface area contributed by atoms with Crippen LogP contribution in [0.2, 0.25) is 0 Å². The van der Waals surface area contributed by atoms with Gasteiger partial charge >= 0.3 is 6.09 Å². The van der Waals surface area contributed by atoms with E-state index < -0.39 is 11.7 Å². The Morgan fingerprint density at radius 2 is 1.83 bits per heavy atom. The Morgan fingerprint density at radius 3 is 2.30 bits per heavy atom. The number of nitrogens with one attached hydrogen (secondary N) is 1. The van der Waals surface area contributed by atoms with Crippen LogP contribution in [0.1, 0.15) is 27.7 Å². The lowest BCUT2D eigenvalue weighted by Gasteiger charge is -2.35. The Morgan fingerprint density at radius 1 is 1.17 bits per heavy atom. The number of aromatic nitrogens is 1. The number of piperazine rings is 1. The Bertz CT molecular complexity index is 558. The van der Waals surface area contributed by atoms with Crippen molar-refractivity contribution in [3.8, 4) is 0 Å². The molecule has 0 bridgehead atoms. The van der Waals surface area contributed by atoms with Gasteiger partial charge in [-0.05, 0) is 32.9 Å². The van der Waals surface area contributed by atoms with Gasteiger partial charge in [-0.15, -0.1) is 0 Å². The maximum Gasteiger partial charge on any atom is 0.413 e. The van der Waals surface area contributed by atoms with Gasteiger partial charge in [0.05, 0.1) is 11.9 Å². The quantitative estimate of drug-likeness (QED) is 0.903. The van der Waals surface area contributed by atoms with Crippen LogP contribution >= 0.6 is 0 Å². The fourth-order valence-electron chi connectivity index (χ4n) is 2.33. The van der Waals surface area contributed by atoms with E-state index in [0.29, 0.717) is 18.9 Å². The molecular formula is C16H24N4O3. The van der Waals surface area contributed by atoms with E-state index in [9.17, 15) is 9.59 Å². The molecule has 0 unspecified atom stereocenters. The van der Waals surface area contributed by atoms with Crippen molar-refractivity contribution in [1.29, 1.82) is 0 Å². The summed E-state index contributed by atoms with van der Waals surface area (Å²) in [4.78, 5) is 31.3. The smallest absolute Gasteiger partial charge is 0.413 e. The van der Waals surface area contributed by atoms with Crippen LogP contribution in [0.4, 0.5) is 16.3 Å². The first-order valence-corrected chi connectivity index (χ1v) is 7.71. The average molecular weight is 320 g/mol. The zero-order valence-electron chi connectivity index (χ0n) is 14.1. The first-order chi connectivity index (χ1) is 10.7. The van der Waals surface area contributed by atoms with Crippen molar-refractivity contribution in [3.05, 3.63) is 18.3 Å². The highest BCUT2D eigenvalue weighted by molar-refractivity contribution is 5.83. The van der Waals surface area contributed by atoms with Crippen LogP contribution in [-0.2, 0) is 9.53 Å². The molecule has 2 rings (SSSR count). The number of rotatable bonds is 2. The predicted molar refractivity (Wildman–Crippen MR) is 88.6 cm³/mol. The summed E-state index contributed by atoms with van der Waals surface area (Å²) < 4.78 is 5.18. The standard InChI is InChI=1S/C16H24N4O3/c1-12(21)19-7-9-20(10-8-19)13-5-6-14(17-11-13)18-15(22)23-16(2,3)4/h5-6,11H,7-10H2,1-4H3,(H,17,18,22). The van der Waals surface area contributed by atoms with E-state index in [0.717, 1.165) is 18.8 Å². The predicted octanol–water partition coefficient (Wildman–Crippen LogP) is 2.10. The molecule has 0 aromatic carbocycles. The lowest BCUT2D eigenvalue weighted by molar-refractivity contribution is -0.129. The van der Waals surface area contributed by atoms with Gasteiger partial charge in [-0.3, -0.25) is 10.1 Å². The van der Waals surface area contributed by atoms with Crippen LogP contribution in [0, 0.1) is 0 Å². The van der Waals surface area contributed by atoms with Gasteiger partial charge in [-0.2, -0.15) is 0 Å². The third-order valence-corrected chi connectivity index (χ3v) is 3.47. The molecule has 1 aliphatic rings. The SMILES string of the molecule is CC(=O)N1CCN(c2ccc(NC(=O)OC(C)(C)C)nc2)CC1. The Balaban J connectivity index is 1.90. The van der Waals surface area contributed by atoms with Crippen LogP contribution in [0.5, 0.6) is 0 Å². The van der Waals surface area contributed by atoms with Gasteiger partial charge in [0.1, 0.15) is 11.4 Å². The molecule has 0 radical (unpaired) electrons. The van der Waals surface area contributed by atoms with Crippen molar-refractivity contribution in [2.75, 3.05) is 36.4 Å². The maximum absolute atomic E-state index is 11.7. The summed E-state index contributed by atoms with van der Waals surface area (Å²) in [6.45, 7) is 10.0. The second-order valence-electron chi connectivity index (χ2n) is 6.52. The molecule has 0 atom stereocenters. The number of carbonyl (C=O) groups excluding carboxylic acids is 2. The van der Waals surface area contributed by atoms with Crippen molar-refractivity contribution >= 4 is 23.5 Å². The van der Waals surface area contributed by atoms with Crippen molar-refractivity contribution < 1.29 is 14.3 Å². The molecular weight excluding hydrogens is 296 g/mol. The number of nitrogens with zero attached hydrogens (tertiary/aromatic N) is 3. The molecule has 1 aromatic rings. The largest absolute Gasteiger partial charge is 0.444 e. The molecule has 1 aromatic heterocycles. The Hall–Kier alpha value is -2.31. The van der Waals surface area contributed by atoms with E-state index in [1.54, 1.807) is 19.2 Å². The van der Waals surface area contributed by atoms with Crippen LogP contribution < -0.4 is 10.2 Å². The van der Waals surface area contributed by atoms with Gasteiger partial charge in [-0.1, -0.05) is 0 Å². The summed E-state index contributed by atoms with van der Waals surface area (Å²) >= 11 is 0. The summed E-state index contributed by atoms with van der Waals surface area (Å²) in [6, 6.07) is 3.65. The Labute approximate surface area is 136 Å². The zero-order chi connectivity index (χ0) is 17.0. The molecule has 7 nitrogen and oxygen atoms in total. The number of hydrogen-bond donors (Lipinski definition) is 1. The van der Waals surface area contributed by atoms with Crippen molar-refractivity contribution in [2.24, 2.45) is 0 Å². The van der Waals surface area contributed by atoms with Crippen molar-refractivity contribution in [2.45, 2.75) is 33.3 Å². The van der Waals surface area contributed by atoms with Gasteiger partial charge in [0.2, 0.25) is 5.91 Å². The minimum Gasteiger partial charge on any atom is -0.444 e. The molecule has 2 heterocycles. The van der Waals surface area contributed by atoms with Gasteiger partial charge in [0, 0.05) is 33.1 Å². The van der Waals surface area contributed by atoms with E-state index >= 15 is 0 Å². The van der Waals surface area contributed by atoms with Gasteiger partial charge in [0.15, 0.2) is 0 Å². The summed E-state index contributed by atoms with van der Waals surface area (Å²) in [6.07, 6.45) is 1.20. The lowest BCUT2D eigenvalue weighted by atomic mass is 10.2. The van der Waals surface area contributed by atoms with E-state index in [-0.39, 0.29) is 5.91 Å². The molecule has 0 aliphatic carbocycles. The van der Waals surface area contributed by atoms with Crippen LogP contribution in [0.25, 0.3) is 0 Å². The highest BCUT2D eigenvalue weighted by atomic mass is 16.6. The highest BCUT2D eigenvalue weighted by Crippen LogP contribution is 2.18. The Kier molecular flexibility index (Phi) is 5.08. The van der Waals surface area contributed by atoms with Crippen LogP contribution in [0.3, 0.4) is 0 Å². The number of amides is 2. The molecule has 1 fully saturated rings. The normalized spacial score (nSPS) is 15.3. The molecule has 1 N–H and O–H groups in total. The molecule has 1 aliphatic heterocycles. The maximum atomic E-state index is 11.7. The number of anilines is 2. The van der Waals surface area contributed by atoms with Gasteiger partial charge in [-0.25, -0.2) is 9.78 Å². The van der Waals surface area contributed by atoms with E-state index in [4.69, 9.17) is 4.74 Å². The number of pyridine rings is 1. The second-order valence-corrected chi connectivity index (χ2v) is 6.52. The monoisotopic (exact) mass is 320 g/mol. The lowest BCUT2D eigenvalue weighted by Crippen LogP contribution is -2.48. The summed E-state index contributed by atoms with van der Waals surface area (Å²) in [7, 11) is 0. The molecule has 0 saturated carbocycles. The highest BCUT2D eigenvalue weighted by Gasteiger charge is 2.19. The molecule has 0 spiro atoms. The van der Waals surface area contributed by atoms with Gasteiger partial charge in [0.25, 0.3) is 0 Å². The second kappa shape index (κ2) is 6.85.